The number of rotatable bonds is 2. The lowest BCUT2D eigenvalue weighted by molar-refractivity contribution is 1.05. The Kier molecular flexibility index (Phi) is 4.23. The van der Waals surface area contributed by atoms with Crippen molar-refractivity contribution in [2.75, 3.05) is 0 Å². The van der Waals surface area contributed by atoms with E-state index in [1.807, 2.05) is 60.9 Å². The Bertz CT molecular complexity index is 422. The first kappa shape index (κ1) is 11.3. The van der Waals surface area contributed by atoms with Gasteiger partial charge in [0.15, 0.2) is 0 Å². The Labute approximate surface area is 101 Å². The topological polar surface area (TPSA) is 31.6 Å². The van der Waals surface area contributed by atoms with Crippen molar-refractivity contribution in [3.05, 3.63) is 84.4 Å². The molecule has 0 amide bonds. The van der Waals surface area contributed by atoms with Crippen LogP contribution in [0.4, 0.5) is 0 Å². The molecule has 1 aromatic carbocycles. The Hall–Kier alpha value is -2.22. The summed E-state index contributed by atoms with van der Waals surface area (Å²) in [7, 11) is 0. The average molecular weight is 224 g/mol. The van der Waals surface area contributed by atoms with Crippen LogP contribution in [0, 0.1) is 0 Å². The van der Waals surface area contributed by atoms with Gasteiger partial charge in [0, 0.05) is 30.2 Å². The molecule has 0 unspecified atom stereocenters. The molecule has 0 aliphatic carbocycles. The van der Waals surface area contributed by atoms with E-state index in [9.17, 15) is 0 Å². The van der Waals surface area contributed by atoms with Crippen LogP contribution >= 0.6 is 0 Å². The van der Waals surface area contributed by atoms with Crippen molar-refractivity contribution in [2.45, 2.75) is 6.42 Å². The maximum Gasteiger partial charge on any atom is 0.0278 e. The zero-order valence-corrected chi connectivity index (χ0v) is 9.64. The highest BCUT2D eigenvalue weighted by atomic mass is 14.7. The molecule has 0 saturated carbocycles. The molecule has 3 rings (SSSR count). The van der Waals surface area contributed by atoms with E-state index in [-0.39, 0.29) is 0 Å². The molecular formula is C15H16N2. The molecule has 2 heteroatoms. The molecular weight excluding hydrogens is 208 g/mol. The lowest BCUT2D eigenvalue weighted by Gasteiger charge is -1.92. The quantitative estimate of drug-likeness (QED) is 0.666. The summed E-state index contributed by atoms with van der Waals surface area (Å²) in [5, 5.41) is 0. The second kappa shape index (κ2) is 6.38. The normalized spacial score (nSPS) is 9.41. The molecule has 0 spiro atoms. The predicted octanol–water partition coefficient (Wildman–Crippen LogP) is 3.62. The molecule has 2 heterocycles. The van der Waals surface area contributed by atoms with Gasteiger partial charge < -0.3 is 9.97 Å². The molecule has 86 valence electrons. The van der Waals surface area contributed by atoms with E-state index in [4.69, 9.17) is 0 Å². The zero-order chi connectivity index (χ0) is 11.8. The lowest BCUT2D eigenvalue weighted by atomic mass is 10.2. The van der Waals surface area contributed by atoms with Gasteiger partial charge in [-0.15, -0.1) is 0 Å². The van der Waals surface area contributed by atoms with E-state index in [2.05, 4.69) is 22.1 Å². The van der Waals surface area contributed by atoms with E-state index in [0.29, 0.717) is 0 Å². The Morgan fingerprint density at radius 2 is 1.00 bits per heavy atom. The number of hydrogen-bond acceptors (Lipinski definition) is 0. The fourth-order valence-corrected chi connectivity index (χ4v) is 1.55. The molecule has 2 nitrogen and oxygen atoms in total. The summed E-state index contributed by atoms with van der Waals surface area (Å²) in [6.07, 6.45) is 4.84. The van der Waals surface area contributed by atoms with Crippen LogP contribution < -0.4 is 0 Å². The van der Waals surface area contributed by atoms with E-state index in [1.54, 1.807) is 0 Å². The fraction of sp³-hybridized carbons (Fsp3) is 0.0667. The van der Waals surface area contributed by atoms with E-state index in [1.165, 1.54) is 11.4 Å². The smallest absolute Gasteiger partial charge is 0.0278 e. The third-order valence-corrected chi connectivity index (χ3v) is 2.37. The molecule has 0 saturated heterocycles. The van der Waals surface area contributed by atoms with Gasteiger partial charge in [-0.1, -0.05) is 36.4 Å². The van der Waals surface area contributed by atoms with Crippen molar-refractivity contribution < 1.29 is 0 Å². The summed E-state index contributed by atoms with van der Waals surface area (Å²) in [5.74, 6) is 0. The van der Waals surface area contributed by atoms with Gasteiger partial charge in [-0.3, -0.25) is 0 Å². The van der Waals surface area contributed by atoms with Crippen molar-refractivity contribution in [1.29, 1.82) is 0 Å². The Morgan fingerprint density at radius 3 is 1.29 bits per heavy atom. The van der Waals surface area contributed by atoms with Crippen LogP contribution in [0.15, 0.2) is 73.1 Å². The summed E-state index contributed by atoms with van der Waals surface area (Å²) in [6, 6.07) is 20.2. The van der Waals surface area contributed by atoms with Gasteiger partial charge >= 0.3 is 0 Å². The summed E-state index contributed by atoms with van der Waals surface area (Å²) in [5.41, 5.74) is 2.49. The fourth-order valence-electron chi connectivity index (χ4n) is 1.55. The SMILES string of the molecule is c1c[nH]c(Cc2ccc[nH]2)c1.c1ccccc1. The second-order valence-corrected chi connectivity index (χ2v) is 3.72. The molecule has 0 atom stereocenters. The largest absolute Gasteiger partial charge is 0.365 e. The van der Waals surface area contributed by atoms with Crippen LogP contribution in [-0.4, -0.2) is 9.97 Å². The molecule has 0 fully saturated rings. The van der Waals surface area contributed by atoms with Gasteiger partial charge in [0.05, 0.1) is 0 Å². The highest BCUT2D eigenvalue weighted by molar-refractivity contribution is 5.15. The predicted molar refractivity (Wildman–Crippen MR) is 70.8 cm³/mol. The van der Waals surface area contributed by atoms with Crippen molar-refractivity contribution in [3.8, 4) is 0 Å². The molecule has 0 aliphatic rings. The Balaban J connectivity index is 0.000000153. The van der Waals surface area contributed by atoms with Gasteiger partial charge in [-0.2, -0.15) is 0 Å². The van der Waals surface area contributed by atoms with E-state index in [0.717, 1.165) is 6.42 Å². The van der Waals surface area contributed by atoms with Crippen LogP contribution in [0.1, 0.15) is 11.4 Å². The standard InChI is InChI=1S/C9H10N2.C6H6/c1-3-8(10-5-1)7-9-4-2-6-11-9;1-2-4-6-5-3-1/h1-6,10-11H,7H2;1-6H. The third-order valence-electron chi connectivity index (χ3n) is 2.37. The van der Waals surface area contributed by atoms with Crippen molar-refractivity contribution >= 4 is 0 Å². The van der Waals surface area contributed by atoms with Crippen LogP contribution in [-0.2, 0) is 6.42 Å². The Morgan fingerprint density at radius 1 is 0.588 bits per heavy atom. The molecule has 0 bridgehead atoms. The highest BCUT2D eigenvalue weighted by Crippen LogP contribution is 2.03. The second-order valence-electron chi connectivity index (χ2n) is 3.72. The van der Waals surface area contributed by atoms with Crippen LogP contribution in [0.5, 0.6) is 0 Å². The number of H-pyrrole nitrogens is 2. The van der Waals surface area contributed by atoms with Gasteiger partial charge in [0.2, 0.25) is 0 Å². The third kappa shape index (κ3) is 4.03. The number of benzene rings is 1. The molecule has 0 radical (unpaired) electrons. The highest BCUT2D eigenvalue weighted by Gasteiger charge is 1.94. The minimum Gasteiger partial charge on any atom is -0.365 e. The molecule has 17 heavy (non-hydrogen) atoms. The molecule has 3 aromatic rings. The van der Waals surface area contributed by atoms with E-state index < -0.39 is 0 Å². The van der Waals surface area contributed by atoms with E-state index >= 15 is 0 Å². The van der Waals surface area contributed by atoms with Crippen molar-refractivity contribution in [1.82, 2.24) is 9.97 Å². The van der Waals surface area contributed by atoms with Crippen molar-refractivity contribution in [3.63, 3.8) is 0 Å². The number of hydrogen-bond donors (Lipinski definition) is 2. The minimum atomic E-state index is 0.958. The van der Waals surface area contributed by atoms with Crippen molar-refractivity contribution in [2.24, 2.45) is 0 Å². The first-order valence-electron chi connectivity index (χ1n) is 5.70. The monoisotopic (exact) mass is 224 g/mol. The maximum absolute atomic E-state index is 3.16. The first-order chi connectivity index (χ1) is 8.45. The van der Waals surface area contributed by atoms with Crippen LogP contribution in [0.25, 0.3) is 0 Å². The number of aromatic amines is 2. The summed E-state index contributed by atoms with van der Waals surface area (Å²) < 4.78 is 0. The lowest BCUT2D eigenvalue weighted by Crippen LogP contribution is -1.86. The summed E-state index contributed by atoms with van der Waals surface area (Å²) in [4.78, 5) is 6.31. The number of nitrogens with one attached hydrogen (secondary N) is 2. The van der Waals surface area contributed by atoms with Crippen LogP contribution in [0.3, 0.4) is 0 Å². The molecule has 2 N–H and O–H groups in total. The summed E-state index contributed by atoms with van der Waals surface area (Å²) in [6.45, 7) is 0. The molecule has 2 aromatic heterocycles. The number of aromatic nitrogens is 2. The maximum atomic E-state index is 3.16. The summed E-state index contributed by atoms with van der Waals surface area (Å²) >= 11 is 0. The molecule has 0 aliphatic heterocycles. The van der Waals surface area contributed by atoms with Gasteiger partial charge in [-0.25, -0.2) is 0 Å². The average Bonchev–Trinajstić information content (AvgIpc) is 3.06. The van der Waals surface area contributed by atoms with Gasteiger partial charge in [0.1, 0.15) is 0 Å². The first-order valence-corrected chi connectivity index (χ1v) is 5.70. The van der Waals surface area contributed by atoms with Gasteiger partial charge in [0.25, 0.3) is 0 Å². The minimum absolute atomic E-state index is 0.958. The van der Waals surface area contributed by atoms with Gasteiger partial charge in [-0.05, 0) is 24.3 Å². The zero-order valence-electron chi connectivity index (χ0n) is 9.64. The van der Waals surface area contributed by atoms with Crippen LogP contribution in [0.2, 0.25) is 0 Å².